The lowest BCUT2D eigenvalue weighted by Crippen LogP contribution is -2.12. The van der Waals surface area contributed by atoms with Crippen molar-refractivity contribution in [2.75, 3.05) is 0 Å². The first-order chi connectivity index (χ1) is 4.63. The van der Waals surface area contributed by atoms with Crippen molar-refractivity contribution in [1.29, 1.82) is 0 Å². The average Bonchev–Trinajstić information content (AvgIpc) is 2.00. The lowest BCUT2D eigenvalue weighted by Gasteiger charge is -2.38. The van der Waals surface area contributed by atoms with Gasteiger partial charge in [0.25, 0.3) is 0 Å². The van der Waals surface area contributed by atoms with Crippen molar-refractivity contribution in [2.24, 2.45) is 11.8 Å². The van der Waals surface area contributed by atoms with E-state index in [1.807, 2.05) is 0 Å². The molecular formula is C10H21-. The summed E-state index contributed by atoms with van der Waals surface area (Å²) in [6.45, 7) is 11.5. The predicted molar refractivity (Wildman–Crippen MR) is 47.8 cm³/mol. The summed E-state index contributed by atoms with van der Waals surface area (Å²) in [4.78, 5) is 0. The average molecular weight is 141 g/mol. The number of hydrogen-bond acceptors (Lipinski definition) is 0. The SMILES string of the molecule is CCC(C)[C-](C)C(C)CC. The molecule has 2 unspecified atom stereocenters. The van der Waals surface area contributed by atoms with Gasteiger partial charge in [0, 0.05) is 0 Å². The van der Waals surface area contributed by atoms with Crippen LogP contribution in [0.4, 0.5) is 0 Å². The van der Waals surface area contributed by atoms with Crippen LogP contribution in [-0.2, 0) is 0 Å². The lowest BCUT2D eigenvalue weighted by molar-refractivity contribution is 0.447. The summed E-state index contributed by atoms with van der Waals surface area (Å²) in [6, 6.07) is 0. The van der Waals surface area contributed by atoms with Gasteiger partial charge in [0.05, 0.1) is 0 Å². The van der Waals surface area contributed by atoms with E-state index in [0.717, 1.165) is 11.8 Å². The zero-order valence-corrected chi connectivity index (χ0v) is 8.07. The van der Waals surface area contributed by atoms with Crippen LogP contribution in [0, 0.1) is 17.8 Å². The highest BCUT2D eigenvalue weighted by Crippen LogP contribution is 2.26. The molecule has 62 valence electrons. The first kappa shape index (κ1) is 10.0. The van der Waals surface area contributed by atoms with Gasteiger partial charge in [-0.3, -0.25) is 0 Å². The van der Waals surface area contributed by atoms with Crippen LogP contribution in [0.2, 0.25) is 0 Å². The minimum Gasteiger partial charge on any atom is -0.311 e. The Hall–Kier alpha value is 0. The molecule has 0 aromatic rings. The van der Waals surface area contributed by atoms with Crippen LogP contribution in [0.15, 0.2) is 0 Å². The molecule has 0 aliphatic heterocycles. The van der Waals surface area contributed by atoms with Gasteiger partial charge >= 0.3 is 0 Å². The topological polar surface area (TPSA) is 0 Å². The molecule has 0 rings (SSSR count). The van der Waals surface area contributed by atoms with Crippen LogP contribution in [0.3, 0.4) is 0 Å². The van der Waals surface area contributed by atoms with Crippen molar-refractivity contribution in [3.63, 3.8) is 0 Å². The Labute approximate surface area is 66.0 Å². The molecular weight excluding hydrogens is 120 g/mol. The van der Waals surface area contributed by atoms with E-state index >= 15 is 0 Å². The van der Waals surface area contributed by atoms with Crippen molar-refractivity contribution >= 4 is 0 Å². The molecule has 0 heteroatoms. The molecule has 0 radical (unpaired) electrons. The molecule has 0 saturated carbocycles. The summed E-state index contributed by atoms with van der Waals surface area (Å²) in [5.41, 5.74) is 0. The van der Waals surface area contributed by atoms with E-state index in [1.165, 1.54) is 12.8 Å². The standard InChI is InChI=1S/C10H21/c1-6-8(3)10(5)9(4)7-2/h8-9H,6-7H2,1-5H3/q-1. The highest BCUT2D eigenvalue weighted by Gasteiger charge is 2.01. The fraction of sp³-hybridized carbons (Fsp3) is 0.900. The Balaban J connectivity index is 3.69. The molecule has 0 aromatic carbocycles. The second-order valence-electron chi connectivity index (χ2n) is 3.36. The van der Waals surface area contributed by atoms with Crippen LogP contribution >= 0.6 is 0 Å². The summed E-state index contributed by atoms with van der Waals surface area (Å²) >= 11 is 0. The number of rotatable bonds is 4. The molecule has 0 aliphatic rings. The maximum absolute atomic E-state index is 2.32. The van der Waals surface area contributed by atoms with Gasteiger partial charge in [-0.1, -0.05) is 40.5 Å². The molecule has 0 aliphatic carbocycles. The quantitative estimate of drug-likeness (QED) is 0.524. The Bertz CT molecular complexity index is 66.1. The molecule has 2 atom stereocenters. The van der Waals surface area contributed by atoms with E-state index in [2.05, 4.69) is 34.6 Å². The first-order valence-electron chi connectivity index (χ1n) is 4.46. The Morgan fingerprint density at radius 1 is 1.00 bits per heavy atom. The van der Waals surface area contributed by atoms with Crippen molar-refractivity contribution in [2.45, 2.75) is 47.5 Å². The molecule has 0 fully saturated rings. The summed E-state index contributed by atoms with van der Waals surface area (Å²) in [6.07, 6.45) is 2.58. The fourth-order valence-corrected chi connectivity index (χ4v) is 1.13. The molecule has 0 saturated heterocycles. The van der Waals surface area contributed by atoms with E-state index in [-0.39, 0.29) is 0 Å². The van der Waals surface area contributed by atoms with Gasteiger partial charge in [-0.25, -0.2) is 0 Å². The minimum atomic E-state index is 0.815. The van der Waals surface area contributed by atoms with Crippen LogP contribution < -0.4 is 0 Å². The van der Waals surface area contributed by atoms with Crippen molar-refractivity contribution < 1.29 is 0 Å². The third-order valence-electron chi connectivity index (χ3n) is 2.78. The van der Waals surface area contributed by atoms with Crippen LogP contribution in [0.25, 0.3) is 0 Å². The van der Waals surface area contributed by atoms with Crippen LogP contribution in [0.5, 0.6) is 0 Å². The van der Waals surface area contributed by atoms with E-state index < -0.39 is 0 Å². The summed E-state index contributed by atoms with van der Waals surface area (Å²) in [5, 5.41) is 0. The van der Waals surface area contributed by atoms with E-state index in [9.17, 15) is 0 Å². The third kappa shape index (κ3) is 2.72. The molecule has 10 heavy (non-hydrogen) atoms. The number of hydrogen-bond donors (Lipinski definition) is 0. The largest absolute Gasteiger partial charge is 0.311 e. The monoisotopic (exact) mass is 141 g/mol. The van der Waals surface area contributed by atoms with Crippen molar-refractivity contribution in [1.82, 2.24) is 0 Å². The van der Waals surface area contributed by atoms with Gasteiger partial charge in [0.15, 0.2) is 0 Å². The normalized spacial score (nSPS) is 17.4. The molecule has 0 heterocycles. The maximum Gasteiger partial charge on any atom is -0.0676 e. The van der Waals surface area contributed by atoms with Crippen molar-refractivity contribution in [3.8, 4) is 0 Å². The molecule has 0 N–H and O–H groups in total. The van der Waals surface area contributed by atoms with Gasteiger partial charge in [0.1, 0.15) is 0 Å². The predicted octanol–water partition coefficient (Wildman–Crippen LogP) is 3.67. The Morgan fingerprint density at radius 2 is 1.30 bits per heavy atom. The summed E-state index contributed by atoms with van der Waals surface area (Å²) in [7, 11) is 0. The molecule has 0 bridgehead atoms. The van der Waals surface area contributed by atoms with Gasteiger partial charge in [0.2, 0.25) is 0 Å². The Morgan fingerprint density at radius 3 is 1.50 bits per heavy atom. The smallest absolute Gasteiger partial charge is 0.0676 e. The van der Waals surface area contributed by atoms with E-state index in [0.29, 0.717) is 0 Å². The van der Waals surface area contributed by atoms with Gasteiger partial charge in [-0.2, -0.15) is 18.8 Å². The molecule has 0 amide bonds. The van der Waals surface area contributed by atoms with E-state index in [4.69, 9.17) is 0 Å². The first-order valence-corrected chi connectivity index (χ1v) is 4.46. The molecule has 0 aromatic heterocycles. The highest BCUT2D eigenvalue weighted by atomic mass is 14.2. The minimum absolute atomic E-state index is 0.815. The van der Waals surface area contributed by atoms with Gasteiger partial charge in [-0.05, 0) is 0 Å². The van der Waals surface area contributed by atoms with Gasteiger partial charge in [-0.15, -0.1) is 0 Å². The van der Waals surface area contributed by atoms with Crippen LogP contribution in [0.1, 0.15) is 47.5 Å². The summed E-state index contributed by atoms with van der Waals surface area (Å²) < 4.78 is 0. The molecule has 0 spiro atoms. The highest BCUT2D eigenvalue weighted by molar-refractivity contribution is 4.93. The van der Waals surface area contributed by atoms with Gasteiger partial charge < -0.3 is 5.92 Å². The third-order valence-corrected chi connectivity index (χ3v) is 2.78. The second kappa shape index (κ2) is 4.76. The molecule has 0 nitrogen and oxygen atoms in total. The maximum atomic E-state index is 2.32. The lowest BCUT2D eigenvalue weighted by atomic mass is 9.82. The van der Waals surface area contributed by atoms with Crippen LogP contribution in [-0.4, -0.2) is 0 Å². The zero-order chi connectivity index (χ0) is 8.15. The Kier molecular flexibility index (Phi) is 4.76. The van der Waals surface area contributed by atoms with Crippen molar-refractivity contribution in [3.05, 3.63) is 5.92 Å². The summed E-state index contributed by atoms with van der Waals surface area (Å²) in [5.74, 6) is 3.30. The zero-order valence-electron chi connectivity index (χ0n) is 8.07. The second-order valence-corrected chi connectivity index (χ2v) is 3.36. The van der Waals surface area contributed by atoms with E-state index in [1.54, 1.807) is 5.92 Å². The fourth-order valence-electron chi connectivity index (χ4n) is 1.13.